The Kier molecular flexibility index (Phi) is 4.97. The Bertz CT molecular complexity index is 392. The van der Waals surface area contributed by atoms with Crippen LogP contribution in [-0.2, 0) is 6.54 Å². The molecule has 1 aromatic rings. The summed E-state index contributed by atoms with van der Waals surface area (Å²) in [5.74, 6) is 0. The molecule has 2 aliphatic rings. The Labute approximate surface area is 116 Å². The molecule has 19 heavy (non-hydrogen) atoms. The van der Waals surface area contributed by atoms with Gasteiger partial charge in [0.05, 0.1) is 0 Å². The molecule has 0 bridgehead atoms. The van der Waals surface area contributed by atoms with Gasteiger partial charge in [0.15, 0.2) is 0 Å². The van der Waals surface area contributed by atoms with Crippen LogP contribution >= 0.6 is 0 Å². The lowest BCUT2D eigenvalue weighted by Crippen LogP contribution is -2.42. The van der Waals surface area contributed by atoms with Gasteiger partial charge < -0.3 is 5.43 Å². The highest BCUT2D eigenvalue weighted by Gasteiger charge is 2.35. The lowest BCUT2D eigenvalue weighted by atomic mass is 9.80. The largest absolute Gasteiger partial charge is 0.309 e. The van der Waals surface area contributed by atoms with Crippen LogP contribution in [0.5, 0.6) is 0 Å². The molecule has 3 heteroatoms. The third-order valence-electron chi connectivity index (χ3n) is 3.96. The second kappa shape index (κ2) is 6.71. The molecule has 104 valence electrons. The Hall–Kier alpha value is -1.35. The fraction of sp³-hybridized carbons (Fsp3) is 0.562. The number of rotatable bonds is 2. The quantitative estimate of drug-likeness (QED) is 0.884. The summed E-state index contributed by atoms with van der Waals surface area (Å²) < 4.78 is 0. The normalized spacial score (nSPS) is 20.7. The van der Waals surface area contributed by atoms with E-state index >= 15 is 0 Å². The monoisotopic (exact) mass is 259 g/mol. The van der Waals surface area contributed by atoms with Gasteiger partial charge in [-0.15, -0.1) is 0 Å². The van der Waals surface area contributed by atoms with Gasteiger partial charge in [0.1, 0.15) is 0 Å². The van der Waals surface area contributed by atoms with Gasteiger partial charge in [-0.05, 0) is 31.5 Å². The van der Waals surface area contributed by atoms with Crippen molar-refractivity contribution in [2.24, 2.45) is 10.5 Å². The third kappa shape index (κ3) is 3.57. The lowest BCUT2D eigenvalue weighted by molar-refractivity contribution is 0.154. The number of likely N-dealkylation sites (tertiary alicyclic amines) is 1. The average molecular weight is 259 g/mol. The highest BCUT2D eigenvalue weighted by Crippen LogP contribution is 2.31. The molecular formula is C16H25N3. The summed E-state index contributed by atoms with van der Waals surface area (Å²) in [6.45, 7) is 8.48. The average Bonchev–Trinajstić information content (AvgIpc) is 2.94. The van der Waals surface area contributed by atoms with Crippen LogP contribution in [0.4, 0.5) is 0 Å². The van der Waals surface area contributed by atoms with E-state index in [1.807, 2.05) is 13.8 Å². The van der Waals surface area contributed by atoms with Crippen LogP contribution in [0.1, 0.15) is 32.3 Å². The van der Waals surface area contributed by atoms with Gasteiger partial charge in [-0.1, -0.05) is 44.2 Å². The predicted molar refractivity (Wildman–Crippen MR) is 81.2 cm³/mol. The molecule has 0 aromatic heterocycles. The van der Waals surface area contributed by atoms with Gasteiger partial charge >= 0.3 is 0 Å². The molecule has 2 heterocycles. The molecule has 0 unspecified atom stereocenters. The van der Waals surface area contributed by atoms with E-state index in [4.69, 9.17) is 0 Å². The molecule has 2 aliphatic heterocycles. The maximum absolute atomic E-state index is 4.18. The number of hydrogen-bond donors (Lipinski definition) is 1. The Morgan fingerprint density at radius 2 is 1.84 bits per heavy atom. The molecule has 1 aromatic carbocycles. The Balaban J connectivity index is 0.000000637. The Morgan fingerprint density at radius 3 is 2.42 bits per heavy atom. The van der Waals surface area contributed by atoms with Gasteiger partial charge in [0, 0.05) is 24.7 Å². The molecule has 0 amide bonds. The SMILES string of the molecule is C1=NNCC12CCN(Cc1ccccc1)CC2.CC. The zero-order chi connectivity index (χ0) is 13.6. The first-order valence-corrected chi connectivity index (χ1v) is 7.40. The van der Waals surface area contributed by atoms with E-state index in [0.717, 1.165) is 13.1 Å². The van der Waals surface area contributed by atoms with Crippen molar-refractivity contribution in [2.75, 3.05) is 19.6 Å². The van der Waals surface area contributed by atoms with E-state index in [-0.39, 0.29) is 0 Å². The van der Waals surface area contributed by atoms with E-state index in [2.05, 4.69) is 52.0 Å². The highest BCUT2D eigenvalue weighted by atomic mass is 15.3. The number of nitrogens with one attached hydrogen (secondary N) is 1. The molecule has 1 fully saturated rings. The van der Waals surface area contributed by atoms with Gasteiger partial charge in [-0.3, -0.25) is 4.90 Å². The standard InChI is InChI=1S/C14H19N3.C2H6/c1-2-4-13(5-3-1)10-17-8-6-14(7-9-17)11-15-16-12-14;1-2/h1-5,11,16H,6-10,12H2;1-2H3. The lowest BCUT2D eigenvalue weighted by Gasteiger charge is -2.36. The summed E-state index contributed by atoms with van der Waals surface area (Å²) in [4.78, 5) is 2.55. The second-order valence-electron chi connectivity index (χ2n) is 5.22. The zero-order valence-corrected chi connectivity index (χ0v) is 12.1. The van der Waals surface area contributed by atoms with Crippen molar-refractivity contribution < 1.29 is 0 Å². The van der Waals surface area contributed by atoms with E-state index in [9.17, 15) is 0 Å². The number of hydrogen-bond acceptors (Lipinski definition) is 3. The topological polar surface area (TPSA) is 27.6 Å². The first kappa shape index (κ1) is 14.1. The molecule has 1 saturated heterocycles. The van der Waals surface area contributed by atoms with Crippen molar-refractivity contribution in [2.45, 2.75) is 33.2 Å². The summed E-state index contributed by atoms with van der Waals surface area (Å²) in [5, 5.41) is 4.18. The molecule has 1 N–H and O–H groups in total. The summed E-state index contributed by atoms with van der Waals surface area (Å²) >= 11 is 0. The van der Waals surface area contributed by atoms with Gasteiger partial charge in [0.2, 0.25) is 0 Å². The maximum atomic E-state index is 4.18. The van der Waals surface area contributed by atoms with E-state index in [1.54, 1.807) is 0 Å². The molecule has 0 aliphatic carbocycles. The first-order valence-electron chi connectivity index (χ1n) is 7.40. The number of benzene rings is 1. The van der Waals surface area contributed by atoms with Crippen molar-refractivity contribution in [3.63, 3.8) is 0 Å². The van der Waals surface area contributed by atoms with Crippen LogP contribution in [0.2, 0.25) is 0 Å². The minimum atomic E-state index is 0.354. The molecule has 3 rings (SSSR count). The number of piperidine rings is 1. The third-order valence-corrected chi connectivity index (χ3v) is 3.96. The van der Waals surface area contributed by atoms with Crippen molar-refractivity contribution in [1.82, 2.24) is 10.3 Å². The molecule has 0 atom stereocenters. The zero-order valence-electron chi connectivity index (χ0n) is 12.1. The smallest absolute Gasteiger partial charge is 0.0437 e. The van der Waals surface area contributed by atoms with Crippen LogP contribution in [-0.4, -0.2) is 30.7 Å². The Morgan fingerprint density at radius 1 is 1.16 bits per heavy atom. The summed E-state index contributed by atoms with van der Waals surface area (Å²) in [6.07, 6.45) is 4.60. The number of nitrogens with zero attached hydrogens (tertiary/aromatic N) is 2. The van der Waals surface area contributed by atoms with Crippen molar-refractivity contribution in [3.05, 3.63) is 35.9 Å². The first-order chi connectivity index (χ1) is 9.36. The fourth-order valence-electron chi connectivity index (χ4n) is 2.74. The molecule has 1 spiro atoms. The molecule has 0 saturated carbocycles. The maximum Gasteiger partial charge on any atom is 0.0437 e. The molecule has 3 nitrogen and oxygen atoms in total. The van der Waals surface area contributed by atoms with Crippen LogP contribution in [0.25, 0.3) is 0 Å². The minimum absolute atomic E-state index is 0.354. The van der Waals surface area contributed by atoms with Crippen LogP contribution < -0.4 is 5.43 Å². The molecular weight excluding hydrogens is 234 g/mol. The fourth-order valence-corrected chi connectivity index (χ4v) is 2.74. The predicted octanol–water partition coefficient (Wildman–Crippen LogP) is 2.88. The van der Waals surface area contributed by atoms with Gasteiger partial charge in [0.25, 0.3) is 0 Å². The van der Waals surface area contributed by atoms with Crippen LogP contribution in [0.15, 0.2) is 35.4 Å². The van der Waals surface area contributed by atoms with Crippen molar-refractivity contribution >= 4 is 6.21 Å². The van der Waals surface area contributed by atoms with Crippen LogP contribution in [0, 0.1) is 5.41 Å². The van der Waals surface area contributed by atoms with E-state index < -0.39 is 0 Å². The van der Waals surface area contributed by atoms with Gasteiger partial charge in [-0.2, -0.15) is 5.10 Å². The number of hydrazone groups is 1. The summed E-state index contributed by atoms with van der Waals surface area (Å²) in [5.41, 5.74) is 4.87. The summed E-state index contributed by atoms with van der Waals surface area (Å²) in [6, 6.07) is 10.7. The van der Waals surface area contributed by atoms with E-state index in [0.29, 0.717) is 5.41 Å². The highest BCUT2D eigenvalue weighted by molar-refractivity contribution is 5.68. The van der Waals surface area contributed by atoms with Crippen LogP contribution in [0.3, 0.4) is 0 Å². The summed E-state index contributed by atoms with van der Waals surface area (Å²) in [7, 11) is 0. The van der Waals surface area contributed by atoms with Crippen molar-refractivity contribution in [3.8, 4) is 0 Å². The van der Waals surface area contributed by atoms with E-state index in [1.165, 1.54) is 31.5 Å². The van der Waals surface area contributed by atoms with Crippen molar-refractivity contribution in [1.29, 1.82) is 0 Å². The second-order valence-corrected chi connectivity index (χ2v) is 5.22. The minimum Gasteiger partial charge on any atom is -0.309 e. The molecule has 0 radical (unpaired) electrons. The van der Waals surface area contributed by atoms with Gasteiger partial charge in [-0.25, -0.2) is 0 Å².